The molecule has 0 aromatic carbocycles. The molecule has 0 rings (SSSR count). The minimum Gasteiger partial charge on any atom is -0.178 e. The molecule has 0 amide bonds. The lowest BCUT2D eigenvalue weighted by Gasteiger charge is -2.38. The molecule has 0 bridgehead atoms. The first-order chi connectivity index (χ1) is 10.1. The van der Waals surface area contributed by atoms with Crippen molar-refractivity contribution < 1.29 is 52.7 Å². The Labute approximate surface area is 135 Å². The third-order valence-electron chi connectivity index (χ3n) is 1.85. The third-order valence-corrected chi connectivity index (χ3v) is 3.27. The van der Waals surface area contributed by atoms with Crippen LogP contribution in [-0.2, 0) is 0 Å². The molecule has 0 aliphatic rings. The van der Waals surface area contributed by atoms with E-state index in [1.54, 1.807) is 0 Å². The summed E-state index contributed by atoms with van der Waals surface area (Å²) in [6, 6.07) is 0. The van der Waals surface area contributed by atoms with Gasteiger partial charge in [0.25, 0.3) is 6.69 Å². The second kappa shape index (κ2) is 6.55. The molecular weight excluding hydrogens is 439 g/mol. The zero-order valence-corrected chi connectivity index (χ0v) is 13.3. The van der Waals surface area contributed by atoms with Gasteiger partial charge in [0.1, 0.15) is 5.82 Å². The number of rotatable bonds is 3. The van der Waals surface area contributed by atoms with Crippen LogP contribution in [0.1, 0.15) is 0 Å². The fraction of sp³-hybridized carbons (Fsp3) is 0.714. The Morgan fingerprint density at radius 2 is 0.875 bits per heavy atom. The van der Waals surface area contributed by atoms with E-state index in [0.717, 1.165) is 0 Å². The van der Waals surface area contributed by atoms with Crippen LogP contribution >= 0.6 is 22.2 Å². The zero-order valence-electron chi connectivity index (χ0n) is 10.8. The van der Waals surface area contributed by atoms with Gasteiger partial charge in [0, 0.05) is 0 Å². The van der Waals surface area contributed by atoms with Crippen molar-refractivity contribution in [1.82, 2.24) is 9.80 Å². The largest absolute Gasteiger partial charge is 0.492 e. The fourth-order valence-corrected chi connectivity index (χ4v) is 2.56. The molecule has 0 fully saturated rings. The van der Waals surface area contributed by atoms with Gasteiger partial charge in [0.05, 0.1) is 0 Å². The molecule has 144 valence electrons. The van der Waals surface area contributed by atoms with Crippen LogP contribution in [-0.4, -0.2) is 41.7 Å². The summed E-state index contributed by atoms with van der Waals surface area (Å²) in [5.74, 6) is -3.37. The smallest absolute Gasteiger partial charge is 0.178 e. The Balaban J connectivity index is 6.76. The first-order valence-electron chi connectivity index (χ1n) is 5.06. The van der Waals surface area contributed by atoms with Gasteiger partial charge >= 0.3 is 25.2 Å². The first kappa shape index (κ1) is 23.3. The lowest BCUT2D eigenvalue weighted by molar-refractivity contribution is -0.405. The van der Waals surface area contributed by atoms with Gasteiger partial charge in [-0.25, -0.2) is 0 Å². The van der Waals surface area contributed by atoms with Crippen LogP contribution in [0.25, 0.3) is 0 Å². The average molecular weight is 443 g/mol. The highest BCUT2D eigenvalue weighted by Crippen LogP contribution is 2.45. The molecule has 0 spiro atoms. The predicted octanol–water partition coefficient (Wildman–Crippen LogP) is 5.60. The second-order valence-electron chi connectivity index (χ2n) is 4.00. The Morgan fingerprint density at radius 1 is 0.667 bits per heavy atom. The van der Waals surface area contributed by atoms with Crippen LogP contribution in [0.15, 0.2) is 11.5 Å². The Kier molecular flexibility index (Phi) is 6.36. The molecule has 0 atom stereocenters. The first-order valence-corrected chi connectivity index (χ1v) is 9.67. The highest BCUT2D eigenvalue weighted by atomic mass is 35.7. The third kappa shape index (κ3) is 6.66. The van der Waals surface area contributed by atoms with Gasteiger partial charge in [-0.05, 0) is 12.2 Å². The molecule has 0 saturated carbocycles. The van der Waals surface area contributed by atoms with Crippen molar-refractivity contribution in [2.45, 2.75) is 31.7 Å². The molecule has 0 aliphatic heterocycles. The van der Waals surface area contributed by atoms with E-state index in [-0.39, 0.29) is 0 Å². The highest BCUT2D eigenvalue weighted by molar-refractivity contribution is 7.47. The maximum atomic E-state index is 12.5. The van der Waals surface area contributed by atoms with Gasteiger partial charge in [-0.3, -0.25) is 0 Å². The maximum Gasteiger partial charge on any atom is 0.492 e. The Hall–Kier alpha value is -0.703. The number of alkyl halides is 12. The fourth-order valence-electron chi connectivity index (χ4n) is 1.26. The molecule has 0 heterocycles. The summed E-state index contributed by atoms with van der Waals surface area (Å²) in [6.07, 6.45) is -26.8. The quantitative estimate of drug-likeness (QED) is 0.243. The zero-order chi connectivity index (χ0) is 19.9. The van der Waals surface area contributed by atoms with E-state index in [0.29, 0.717) is 6.55 Å². The molecule has 0 unspecified atom stereocenters. The van der Waals surface area contributed by atoms with Gasteiger partial charge in [0.15, 0.2) is 0 Å². The van der Waals surface area contributed by atoms with Gasteiger partial charge < -0.3 is 0 Å². The molecule has 0 N–H and O–H groups in total. The summed E-state index contributed by atoms with van der Waals surface area (Å²) in [7, 11) is 0. The summed E-state index contributed by atoms with van der Waals surface area (Å²) >= 11 is 10.2. The van der Waals surface area contributed by atoms with Crippen molar-refractivity contribution in [2.24, 2.45) is 0 Å². The van der Waals surface area contributed by atoms with Crippen LogP contribution in [0.5, 0.6) is 0 Å². The highest BCUT2D eigenvalue weighted by Gasteiger charge is 2.64. The van der Waals surface area contributed by atoms with Gasteiger partial charge in [-0.1, -0.05) is 0 Å². The van der Waals surface area contributed by atoms with E-state index in [1.807, 2.05) is 0 Å². The molecule has 0 aromatic heterocycles. The van der Waals surface area contributed by atoms with E-state index >= 15 is 0 Å². The molecular formula is C7H4Cl2F12N2Si. The summed E-state index contributed by atoms with van der Waals surface area (Å²) in [4.78, 5) is -5.95. The van der Waals surface area contributed by atoms with E-state index in [1.165, 1.54) is 0 Å². The number of nitrogens with zero attached hydrogens (tertiary/aromatic N) is 2. The van der Waals surface area contributed by atoms with E-state index in [2.05, 4.69) is 0 Å². The SMILES string of the molecule is C[Si](Cl)(Cl)C=C(N(C(F)(F)F)C(F)(F)F)N(C(F)(F)F)C(F)(F)F. The van der Waals surface area contributed by atoms with Crippen LogP contribution < -0.4 is 0 Å². The second-order valence-corrected chi connectivity index (χ2v) is 11.5. The average Bonchev–Trinajstić information content (AvgIpc) is 2.01. The van der Waals surface area contributed by atoms with Crippen LogP contribution in [0.2, 0.25) is 6.55 Å². The van der Waals surface area contributed by atoms with Crippen molar-refractivity contribution in [1.29, 1.82) is 0 Å². The standard InChI is InChI=1S/C7H4Cl2F12N2Si/c1-24(8,9)2-3(22(4(10,11)12)5(13,14)15)23(6(16,17)18)7(19,20)21/h2H,1H3. The summed E-state index contributed by atoms with van der Waals surface area (Å²) in [6.45, 7) is -3.97. The molecule has 0 radical (unpaired) electrons. The van der Waals surface area contributed by atoms with Crippen molar-refractivity contribution in [3.05, 3.63) is 11.5 Å². The lowest BCUT2D eigenvalue weighted by Crippen LogP contribution is -2.58. The predicted molar refractivity (Wildman–Crippen MR) is 59.3 cm³/mol. The number of hydrogen-bond acceptors (Lipinski definition) is 2. The van der Waals surface area contributed by atoms with E-state index < -0.39 is 53.2 Å². The van der Waals surface area contributed by atoms with Crippen LogP contribution in [0.3, 0.4) is 0 Å². The van der Waals surface area contributed by atoms with Gasteiger partial charge in [-0.2, -0.15) is 9.80 Å². The maximum absolute atomic E-state index is 12.5. The summed E-state index contributed by atoms with van der Waals surface area (Å²) < 4.78 is 150. The molecule has 2 nitrogen and oxygen atoms in total. The molecule has 0 saturated heterocycles. The summed E-state index contributed by atoms with van der Waals surface area (Å²) in [5, 5.41) is 0. The van der Waals surface area contributed by atoms with Crippen molar-refractivity contribution in [2.75, 3.05) is 0 Å². The lowest BCUT2D eigenvalue weighted by atomic mass is 10.5. The monoisotopic (exact) mass is 442 g/mol. The minimum absolute atomic E-state index is 0.492. The van der Waals surface area contributed by atoms with Gasteiger partial charge in [0.2, 0.25) is 0 Å². The van der Waals surface area contributed by atoms with E-state index in [4.69, 9.17) is 22.2 Å². The normalized spacial score (nSPS) is 14.5. The van der Waals surface area contributed by atoms with Crippen molar-refractivity contribution in [3.63, 3.8) is 0 Å². The molecule has 0 aliphatic carbocycles. The molecule has 24 heavy (non-hydrogen) atoms. The van der Waals surface area contributed by atoms with E-state index in [9.17, 15) is 52.7 Å². The number of hydrogen-bond donors (Lipinski definition) is 0. The van der Waals surface area contributed by atoms with Gasteiger partial charge in [-0.15, -0.1) is 74.8 Å². The Bertz CT molecular complexity index is 408. The summed E-state index contributed by atoms with van der Waals surface area (Å²) in [5.41, 5.74) is -0.752. The molecule has 17 heteroatoms. The van der Waals surface area contributed by atoms with Crippen molar-refractivity contribution in [3.8, 4) is 0 Å². The minimum atomic E-state index is -6.69. The van der Waals surface area contributed by atoms with Crippen molar-refractivity contribution >= 4 is 28.9 Å². The number of halogens is 14. The molecule has 0 aromatic rings. The Morgan fingerprint density at radius 3 is 1.00 bits per heavy atom. The topological polar surface area (TPSA) is 6.48 Å². The van der Waals surface area contributed by atoms with Crippen LogP contribution in [0.4, 0.5) is 52.7 Å². The van der Waals surface area contributed by atoms with Crippen LogP contribution in [0, 0.1) is 0 Å².